The smallest absolute Gasteiger partial charge is 0.104 e. The Hall–Kier alpha value is 0.360. The largest absolute Gasteiger partial charge is 0.376 e. The second-order valence-corrected chi connectivity index (χ2v) is 2.45. The second-order valence-electron chi connectivity index (χ2n) is 2.45. The van der Waals surface area contributed by atoms with Gasteiger partial charge in [0.25, 0.3) is 0 Å². The first-order valence-corrected chi connectivity index (χ1v) is 3.26. The van der Waals surface area contributed by atoms with Crippen LogP contribution in [0.25, 0.3) is 0 Å². The summed E-state index contributed by atoms with van der Waals surface area (Å²) in [6, 6.07) is 0. The van der Waals surface area contributed by atoms with E-state index >= 15 is 0 Å². The van der Waals surface area contributed by atoms with Crippen LogP contribution in [-0.2, 0) is 14.2 Å². The molecule has 0 radical (unpaired) electrons. The van der Waals surface area contributed by atoms with Crippen LogP contribution < -0.4 is 0 Å². The average molecular weight is 211 g/mol. The third-order valence-corrected chi connectivity index (χ3v) is 1.41. The van der Waals surface area contributed by atoms with E-state index in [1.807, 2.05) is 0 Å². The molecule has 4 heteroatoms. The van der Waals surface area contributed by atoms with E-state index in [1.165, 1.54) is 0 Å². The molecule has 2 saturated heterocycles. The third kappa shape index (κ3) is 2.96. The van der Waals surface area contributed by atoms with E-state index in [0.717, 1.165) is 26.4 Å². The molecule has 2 fully saturated rings. The van der Waals surface area contributed by atoms with Gasteiger partial charge in [-0.15, -0.1) is 17.0 Å². The maximum Gasteiger partial charge on any atom is 0.104 e. The molecule has 60 valence electrons. The van der Waals surface area contributed by atoms with E-state index in [-0.39, 0.29) is 17.0 Å². The topological polar surface area (TPSA) is 34.3 Å². The molecular formula is C6H11BrO3. The quantitative estimate of drug-likeness (QED) is 0.630. The second kappa shape index (κ2) is 3.67. The lowest BCUT2D eigenvalue weighted by Crippen LogP contribution is -2.06. The number of hydrogen-bond acceptors (Lipinski definition) is 3. The molecular weight excluding hydrogens is 200 g/mol. The molecule has 2 unspecified atom stereocenters. The first-order valence-electron chi connectivity index (χ1n) is 3.26. The highest BCUT2D eigenvalue weighted by atomic mass is 79.9. The summed E-state index contributed by atoms with van der Waals surface area (Å²) in [5.74, 6) is 0. The number of ether oxygens (including phenoxy) is 3. The van der Waals surface area contributed by atoms with Crippen molar-refractivity contribution in [2.75, 3.05) is 26.4 Å². The minimum atomic E-state index is 0. The number of hydrogen-bond donors (Lipinski definition) is 0. The molecule has 2 atom stereocenters. The van der Waals surface area contributed by atoms with Gasteiger partial charge in [-0.25, -0.2) is 0 Å². The van der Waals surface area contributed by atoms with Gasteiger partial charge in [0.15, 0.2) is 0 Å². The first-order chi connectivity index (χ1) is 4.45. The van der Waals surface area contributed by atoms with Crippen LogP contribution in [0.1, 0.15) is 0 Å². The molecule has 0 bridgehead atoms. The van der Waals surface area contributed by atoms with Crippen molar-refractivity contribution < 1.29 is 14.2 Å². The molecule has 10 heavy (non-hydrogen) atoms. The molecule has 0 N–H and O–H groups in total. The maximum atomic E-state index is 5.23. The normalized spacial score (nSPS) is 34.8. The van der Waals surface area contributed by atoms with Crippen LogP contribution in [0.5, 0.6) is 0 Å². The Balaban J connectivity index is 0.000000500. The first kappa shape index (κ1) is 8.46. The van der Waals surface area contributed by atoms with Gasteiger partial charge in [0.05, 0.1) is 26.4 Å². The summed E-state index contributed by atoms with van der Waals surface area (Å²) >= 11 is 0. The van der Waals surface area contributed by atoms with Gasteiger partial charge in [-0.05, 0) is 0 Å². The van der Waals surface area contributed by atoms with Gasteiger partial charge in [-0.3, -0.25) is 0 Å². The minimum Gasteiger partial charge on any atom is -0.376 e. The van der Waals surface area contributed by atoms with E-state index in [0.29, 0.717) is 12.2 Å². The molecule has 0 spiro atoms. The molecule has 2 aliphatic heterocycles. The van der Waals surface area contributed by atoms with Gasteiger partial charge in [0, 0.05) is 0 Å². The Labute approximate surface area is 70.4 Å². The Kier molecular flexibility index (Phi) is 3.10. The van der Waals surface area contributed by atoms with Crippen molar-refractivity contribution in [3.05, 3.63) is 0 Å². The molecule has 0 aromatic rings. The van der Waals surface area contributed by atoms with E-state index in [2.05, 4.69) is 0 Å². The Morgan fingerprint density at radius 2 is 1.50 bits per heavy atom. The highest BCUT2D eigenvalue weighted by Crippen LogP contribution is 2.12. The van der Waals surface area contributed by atoms with Crippen molar-refractivity contribution in [2.45, 2.75) is 12.2 Å². The van der Waals surface area contributed by atoms with E-state index in [9.17, 15) is 0 Å². The lowest BCUT2D eigenvalue weighted by atomic mass is 10.5. The Morgan fingerprint density at radius 3 is 1.80 bits per heavy atom. The Morgan fingerprint density at radius 1 is 1.10 bits per heavy atom. The summed E-state index contributed by atoms with van der Waals surface area (Å²) in [7, 11) is 0. The summed E-state index contributed by atoms with van der Waals surface area (Å²) in [6.45, 7) is 3.26. The highest BCUT2D eigenvalue weighted by Gasteiger charge is 2.26. The standard InChI is InChI=1S/C6H10O3.BrH/c1(5-3-8-5)7-2-6-4-9-6;/h5-6H,1-4H2;1H. The monoisotopic (exact) mass is 210 g/mol. The molecule has 2 heterocycles. The van der Waals surface area contributed by atoms with Crippen molar-refractivity contribution in [3.63, 3.8) is 0 Å². The van der Waals surface area contributed by atoms with Crippen LogP contribution >= 0.6 is 17.0 Å². The zero-order chi connectivity index (χ0) is 6.10. The maximum absolute atomic E-state index is 5.23. The average Bonchev–Trinajstić information content (AvgIpc) is 2.57. The lowest BCUT2D eigenvalue weighted by Gasteiger charge is -1.95. The fraction of sp³-hybridized carbons (Fsp3) is 1.00. The predicted octanol–water partition coefficient (Wildman–Crippen LogP) is 0.379. The van der Waals surface area contributed by atoms with E-state index < -0.39 is 0 Å². The highest BCUT2D eigenvalue weighted by molar-refractivity contribution is 8.93. The fourth-order valence-corrected chi connectivity index (χ4v) is 0.659. The van der Waals surface area contributed by atoms with Crippen molar-refractivity contribution in [1.29, 1.82) is 0 Å². The third-order valence-electron chi connectivity index (χ3n) is 1.41. The summed E-state index contributed by atoms with van der Waals surface area (Å²) in [5, 5.41) is 0. The van der Waals surface area contributed by atoms with Crippen LogP contribution in [0, 0.1) is 0 Å². The van der Waals surface area contributed by atoms with Gasteiger partial charge < -0.3 is 14.2 Å². The summed E-state index contributed by atoms with van der Waals surface area (Å²) in [4.78, 5) is 0. The molecule has 2 rings (SSSR count). The molecule has 2 aliphatic rings. The SMILES string of the molecule is Br.C(OCC1CO1)C1CO1. The van der Waals surface area contributed by atoms with Gasteiger partial charge in [0.1, 0.15) is 12.2 Å². The van der Waals surface area contributed by atoms with Crippen molar-refractivity contribution in [2.24, 2.45) is 0 Å². The number of epoxide rings is 2. The molecule has 0 aromatic heterocycles. The number of rotatable bonds is 4. The van der Waals surface area contributed by atoms with Gasteiger partial charge in [0.2, 0.25) is 0 Å². The van der Waals surface area contributed by atoms with E-state index in [1.54, 1.807) is 0 Å². The zero-order valence-electron chi connectivity index (χ0n) is 5.62. The van der Waals surface area contributed by atoms with Gasteiger partial charge in [-0.1, -0.05) is 0 Å². The van der Waals surface area contributed by atoms with Crippen molar-refractivity contribution >= 4 is 17.0 Å². The van der Waals surface area contributed by atoms with Crippen LogP contribution in [0.4, 0.5) is 0 Å². The van der Waals surface area contributed by atoms with Crippen LogP contribution in [-0.4, -0.2) is 38.6 Å². The molecule has 0 aromatic carbocycles. The van der Waals surface area contributed by atoms with Crippen LogP contribution in [0.3, 0.4) is 0 Å². The lowest BCUT2D eigenvalue weighted by molar-refractivity contribution is 0.102. The predicted molar refractivity (Wildman–Crippen MR) is 40.6 cm³/mol. The zero-order valence-corrected chi connectivity index (χ0v) is 7.33. The van der Waals surface area contributed by atoms with Crippen molar-refractivity contribution in [3.8, 4) is 0 Å². The Bertz CT molecular complexity index is 89.2. The van der Waals surface area contributed by atoms with Crippen LogP contribution in [0.15, 0.2) is 0 Å². The summed E-state index contributed by atoms with van der Waals surface area (Å²) < 4.78 is 15.1. The van der Waals surface area contributed by atoms with Crippen LogP contribution in [0.2, 0.25) is 0 Å². The molecule has 0 saturated carbocycles. The fourth-order valence-electron chi connectivity index (χ4n) is 0.659. The number of halogens is 1. The van der Waals surface area contributed by atoms with Gasteiger partial charge in [-0.2, -0.15) is 0 Å². The molecule has 3 nitrogen and oxygen atoms in total. The summed E-state index contributed by atoms with van der Waals surface area (Å²) in [5.41, 5.74) is 0. The summed E-state index contributed by atoms with van der Waals surface area (Å²) in [6.07, 6.45) is 0.785. The van der Waals surface area contributed by atoms with Crippen molar-refractivity contribution in [1.82, 2.24) is 0 Å². The van der Waals surface area contributed by atoms with E-state index in [4.69, 9.17) is 14.2 Å². The molecule has 0 aliphatic carbocycles. The molecule has 0 amide bonds. The minimum absolute atomic E-state index is 0. The van der Waals surface area contributed by atoms with Gasteiger partial charge >= 0.3 is 0 Å².